The van der Waals surface area contributed by atoms with Gasteiger partial charge in [-0.05, 0) is 25.0 Å². The van der Waals surface area contributed by atoms with E-state index in [-0.39, 0.29) is 0 Å². The highest BCUT2D eigenvalue weighted by molar-refractivity contribution is 5.97. The van der Waals surface area contributed by atoms with E-state index in [4.69, 9.17) is 5.26 Å². The van der Waals surface area contributed by atoms with Crippen LogP contribution >= 0.6 is 0 Å². The van der Waals surface area contributed by atoms with Crippen molar-refractivity contribution in [1.82, 2.24) is 0 Å². The number of nitriles is 1. The number of rotatable bonds is 4. The van der Waals surface area contributed by atoms with Crippen molar-refractivity contribution in [3.63, 3.8) is 0 Å². The zero-order valence-electron chi connectivity index (χ0n) is 10.9. The molecular weight excluding hydrogens is 220 g/mol. The molecule has 1 N–H and O–H groups in total. The van der Waals surface area contributed by atoms with E-state index in [1.165, 1.54) is 0 Å². The second kappa shape index (κ2) is 5.55. The normalized spacial score (nSPS) is 10.6. The number of benzene rings is 2. The molecule has 2 rings (SSSR count). The average Bonchev–Trinajstić information content (AvgIpc) is 2.44. The first-order valence-corrected chi connectivity index (χ1v) is 6.48. The van der Waals surface area contributed by atoms with Gasteiger partial charge in [-0.3, -0.25) is 0 Å². The quantitative estimate of drug-likeness (QED) is 0.861. The van der Waals surface area contributed by atoms with Crippen molar-refractivity contribution >= 4 is 16.5 Å². The van der Waals surface area contributed by atoms with Crippen LogP contribution in [0.15, 0.2) is 36.4 Å². The van der Waals surface area contributed by atoms with Crippen LogP contribution in [0.25, 0.3) is 10.8 Å². The Morgan fingerprint density at radius 2 is 1.72 bits per heavy atom. The third-order valence-corrected chi connectivity index (χ3v) is 3.39. The molecule has 0 amide bonds. The molecule has 0 bridgehead atoms. The highest BCUT2D eigenvalue weighted by Crippen LogP contribution is 2.27. The first-order valence-electron chi connectivity index (χ1n) is 6.48. The summed E-state index contributed by atoms with van der Waals surface area (Å²) in [5.74, 6) is 0. The molecule has 0 unspecified atom stereocenters. The highest BCUT2D eigenvalue weighted by atomic mass is 14.9. The molecule has 0 spiro atoms. The molecule has 0 aliphatic heterocycles. The van der Waals surface area contributed by atoms with Crippen molar-refractivity contribution < 1.29 is 0 Å². The molecule has 0 radical (unpaired) electrons. The van der Waals surface area contributed by atoms with E-state index in [0.29, 0.717) is 6.04 Å². The number of fused-ring (bicyclic) bond motifs is 1. The summed E-state index contributed by atoms with van der Waals surface area (Å²) >= 11 is 0. The number of nitrogens with zero attached hydrogens (tertiary/aromatic N) is 1. The maximum atomic E-state index is 9.13. The van der Waals surface area contributed by atoms with Gasteiger partial charge in [0, 0.05) is 22.5 Å². The van der Waals surface area contributed by atoms with Crippen molar-refractivity contribution in [2.45, 2.75) is 32.7 Å². The predicted octanol–water partition coefficient (Wildman–Crippen LogP) is 4.31. The molecule has 2 aromatic carbocycles. The molecule has 2 heteroatoms. The Hall–Kier alpha value is -2.01. The van der Waals surface area contributed by atoms with Crippen molar-refractivity contribution in [2.24, 2.45) is 0 Å². The van der Waals surface area contributed by atoms with Crippen LogP contribution in [0.5, 0.6) is 0 Å². The van der Waals surface area contributed by atoms with Crippen molar-refractivity contribution in [2.75, 3.05) is 5.32 Å². The lowest BCUT2D eigenvalue weighted by Crippen LogP contribution is -2.17. The Labute approximate surface area is 108 Å². The maximum absolute atomic E-state index is 9.13. The number of anilines is 1. The van der Waals surface area contributed by atoms with Gasteiger partial charge < -0.3 is 5.32 Å². The first-order chi connectivity index (χ1) is 8.80. The van der Waals surface area contributed by atoms with Gasteiger partial charge in [-0.1, -0.05) is 38.1 Å². The molecule has 2 aromatic rings. The predicted molar refractivity (Wildman–Crippen MR) is 76.7 cm³/mol. The number of hydrogen-bond acceptors (Lipinski definition) is 2. The molecule has 18 heavy (non-hydrogen) atoms. The van der Waals surface area contributed by atoms with Crippen LogP contribution in [0.2, 0.25) is 0 Å². The van der Waals surface area contributed by atoms with Gasteiger partial charge in [0.15, 0.2) is 0 Å². The molecule has 0 saturated carbocycles. The minimum absolute atomic E-state index is 0.487. The molecule has 2 nitrogen and oxygen atoms in total. The summed E-state index contributed by atoms with van der Waals surface area (Å²) in [6.45, 7) is 4.38. The van der Waals surface area contributed by atoms with Crippen LogP contribution in [0.4, 0.5) is 5.69 Å². The van der Waals surface area contributed by atoms with Gasteiger partial charge in [0.05, 0.1) is 11.6 Å². The Morgan fingerprint density at radius 3 is 2.33 bits per heavy atom. The van der Waals surface area contributed by atoms with E-state index in [0.717, 1.165) is 34.9 Å². The van der Waals surface area contributed by atoms with Crippen molar-refractivity contribution in [1.29, 1.82) is 5.26 Å². The Kier molecular flexibility index (Phi) is 3.84. The van der Waals surface area contributed by atoms with Gasteiger partial charge in [0.25, 0.3) is 0 Å². The number of nitrogens with one attached hydrogen (secondary N) is 1. The topological polar surface area (TPSA) is 35.8 Å². The van der Waals surface area contributed by atoms with E-state index in [2.05, 4.69) is 31.3 Å². The SMILES string of the molecule is CCC(CC)Nc1ccc(C#N)c2ccccc12. The summed E-state index contributed by atoms with van der Waals surface area (Å²) in [7, 11) is 0. The minimum Gasteiger partial charge on any atom is -0.382 e. The van der Waals surface area contributed by atoms with Gasteiger partial charge in [-0.2, -0.15) is 5.26 Å². The van der Waals surface area contributed by atoms with Gasteiger partial charge in [0.1, 0.15) is 0 Å². The smallest absolute Gasteiger partial charge is 0.0998 e. The molecule has 0 aromatic heterocycles. The van der Waals surface area contributed by atoms with E-state index >= 15 is 0 Å². The fourth-order valence-electron chi connectivity index (χ4n) is 2.24. The lowest BCUT2D eigenvalue weighted by molar-refractivity contribution is 0.672. The van der Waals surface area contributed by atoms with Gasteiger partial charge in [0.2, 0.25) is 0 Å². The molecule has 0 aliphatic carbocycles. The minimum atomic E-state index is 0.487. The molecule has 0 saturated heterocycles. The first kappa shape index (κ1) is 12.4. The third-order valence-electron chi connectivity index (χ3n) is 3.39. The Balaban J connectivity index is 2.50. The van der Waals surface area contributed by atoms with Crippen LogP contribution in [-0.4, -0.2) is 6.04 Å². The third kappa shape index (κ3) is 2.31. The molecular formula is C16H18N2. The fraction of sp³-hybridized carbons (Fsp3) is 0.312. The van der Waals surface area contributed by atoms with Gasteiger partial charge >= 0.3 is 0 Å². The zero-order chi connectivity index (χ0) is 13.0. The van der Waals surface area contributed by atoms with Crippen molar-refractivity contribution in [3.8, 4) is 6.07 Å². The molecule has 0 fully saturated rings. The summed E-state index contributed by atoms with van der Waals surface area (Å²) in [6, 6.07) is 14.7. The second-order valence-corrected chi connectivity index (χ2v) is 4.48. The standard InChI is InChI=1S/C16H18N2/c1-3-13(4-2)18-16-10-9-12(11-17)14-7-5-6-8-15(14)16/h5-10,13,18H,3-4H2,1-2H3. The van der Waals surface area contributed by atoms with E-state index in [9.17, 15) is 0 Å². The van der Waals surface area contributed by atoms with Gasteiger partial charge in [-0.25, -0.2) is 0 Å². The van der Waals surface area contributed by atoms with Crippen LogP contribution in [-0.2, 0) is 0 Å². The molecule has 0 heterocycles. The molecule has 92 valence electrons. The van der Waals surface area contributed by atoms with E-state index < -0.39 is 0 Å². The zero-order valence-corrected chi connectivity index (χ0v) is 10.9. The lowest BCUT2D eigenvalue weighted by atomic mass is 10.0. The highest BCUT2D eigenvalue weighted by Gasteiger charge is 2.08. The lowest BCUT2D eigenvalue weighted by Gasteiger charge is -2.18. The molecule has 0 aliphatic rings. The fourth-order valence-corrected chi connectivity index (χ4v) is 2.24. The molecule has 0 atom stereocenters. The van der Waals surface area contributed by atoms with E-state index in [1.807, 2.05) is 30.3 Å². The summed E-state index contributed by atoms with van der Waals surface area (Å²) in [4.78, 5) is 0. The Morgan fingerprint density at radius 1 is 1.06 bits per heavy atom. The van der Waals surface area contributed by atoms with Crippen LogP contribution in [0.1, 0.15) is 32.3 Å². The summed E-state index contributed by atoms with van der Waals surface area (Å²) in [5, 5.41) is 14.8. The average molecular weight is 238 g/mol. The largest absolute Gasteiger partial charge is 0.382 e. The Bertz CT molecular complexity index is 577. The van der Waals surface area contributed by atoms with E-state index in [1.54, 1.807) is 0 Å². The summed E-state index contributed by atoms with van der Waals surface area (Å²) < 4.78 is 0. The monoisotopic (exact) mass is 238 g/mol. The van der Waals surface area contributed by atoms with Crippen LogP contribution in [0.3, 0.4) is 0 Å². The van der Waals surface area contributed by atoms with Crippen LogP contribution in [0, 0.1) is 11.3 Å². The van der Waals surface area contributed by atoms with Crippen molar-refractivity contribution in [3.05, 3.63) is 42.0 Å². The second-order valence-electron chi connectivity index (χ2n) is 4.48. The maximum Gasteiger partial charge on any atom is 0.0998 e. The number of hydrogen-bond donors (Lipinski definition) is 1. The summed E-state index contributed by atoms with van der Waals surface area (Å²) in [6.07, 6.45) is 2.20. The van der Waals surface area contributed by atoms with Crippen LogP contribution < -0.4 is 5.32 Å². The van der Waals surface area contributed by atoms with Gasteiger partial charge in [-0.15, -0.1) is 0 Å². The summed E-state index contributed by atoms with van der Waals surface area (Å²) in [5.41, 5.74) is 1.86.